The van der Waals surface area contributed by atoms with Crippen LogP contribution in [0.4, 0.5) is 0 Å². The highest BCUT2D eigenvalue weighted by Crippen LogP contribution is 2.01. The number of hydrogen-bond acceptors (Lipinski definition) is 3. The van der Waals surface area contributed by atoms with Gasteiger partial charge in [0, 0.05) is 12.9 Å². The van der Waals surface area contributed by atoms with Gasteiger partial charge in [0.15, 0.2) is 0 Å². The second-order valence-electron chi connectivity index (χ2n) is 1.74. The third-order valence-corrected chi connectivity index (χ3v) is 1.26. The molecule has 0 amide bonds. The van der Waals surface area contributed by atoms with E-state index in [0.29, 0.717) is 5.56 Å². The molecular weight excluding hydrogens is 148 g/mol. The van der Waals surface area contributed by atoms with Gasteiger partial charge in [-0.15, -0.1) is 0 Å². The van der Waals surface area contributed by atoms with Crippen LogP contribution in [0.1, 0.15) is 10.4 Å². The lowest BCUT2D eigenvalue weighted by Gasteiger charge is -1.93. The first-order chi connectivity index (χ1) is 4.84. The molecule has 0 aromatic heterocycles. The number of benzene rings is 1. The number of thiol groups is 1. The molecule has 1 aromatic carbocycles. The summed E-state index contributed by atoms with van der Waals surface area (Å²) in [6.45, 7) is 0. The van der Waals surface area contributed by atoms with Gasteiger partial charge in [0.25, 0.3) is 0 Å². The van der Waals surface area contributed by atoms with E-state index >= 15 is 0 Å². The Balaban J connectivity index is 2.85. The normalized spacial score (nSPS) is 8.90. The predicted molar refractivity (Wildman–Crippen MR) is 40.8 cm³/mol. The number of hydrogen-bond donors (Lipinski definition) is 1. The van der Waals surface area contributed by atoms with Crippen molar-refractivity contribution in [2.75, 3.05) is 0 Å². The molecule has 10 heavy (non-hydrogen) atoms. The fourth-order valence-corrected chi connectivity index (χ4v) is 0.732. The average Bonchev–Trinajstić information content (AvgIpc) is 2.05. The van der Waals surface area contributed by atoms with Gasteiger partial charge in [-0.3, -0.25) is 0 Å². The predicted octanol–water partition coefficient (Wildman–Crippen LogP) is 1.69. The maximum Gasteiger partial charge on any atom is 0.349 e. The van der Waals surface area contributed by atoms with Crippen LogP contribution >= 0.6 is 12.9 Å². The number of carbonyl (C=O) groups is 1. The van der Waals surface area contributed by atoms with Crippen molar-refractivity contribution < 1.29 is 8.98 Å². The van der Waals surface area contributed by atoms with Crippen molar-refractivity contribution in [3.63, 3.8) is 0 Å². The second kappa shape index (κ2) is 3.27. The number of rotatable bonds is 1. The molecule has 0 atom stereocenters. The Hall–Kier alpha value is -0.960. The summed E-state index contributed by atoms with van der Waals surface area (Å²) in [5.74, 6) is -0.427. The minimum absolute atomic E-state index is 0.427. The minimum Gasteiger partial charge on any atom is -0.391 e. The monoisotopic (exact) mass is 154 g/mol. The summed E-state index contributed by atoms with van der Waals surface area (Å²) >= 11 is 3.38. The first-order valence-electron chi connectivity index (χ1n) is 2.75. The van der Waals surface area contributed by atoms with Crippen molar-refractivity contribution in [3.8, 4) is 0 Å². The Kier molecular flexibility index (Phi) is 2.34. The lowest BCUT2D eigenvalue weighted by molar-refractivity contribution is 0.0772. The largest absolute Gasteiger partial charge is 0.391 e. The fraction of sp³-hybridized carbons (Fsp3) is 0. The lowest BCUT2D eigenvalue weighted by Crippen LogP contribution is -1.96. The lowest BCUT2D eigenvalue weighted by atomic mass is 10.2. The van der Waals surface area contributed by atoms with Gasteiger partial charge in [0.1, 0.15) is 0 Å². The Labute approximate surface area is 64.4 Å². The van der Waals surface area contributed by atoms with E-state index in [4.69, 9.17) is 0 Å². The van der Waals surface area contributed by atoms with E-state index in [2.05, 4.69) is 17.1 Å². The van der Waals surface area contributed by atoms with Crippen molar-refractivity contribution in [1.29, 1.82) is 0 Å². The SMILES string of the molecule is O=C(OS)c1ccccc1. The van der Waals surface area contributed by atoms with Gasteiger partial charge in [-0.05, 0) is 12.1 Å². The first kappa shape index (κ1) is 7.15. The minimum atomic E-state index is -0.427. The summed E-state index contributed by atoms with van der Waals surface area (Å²) in [5, 5.41) is 0. The van der Waals surface area contributed by atoms with Crippen LogP contribution < -0.4 is 0 Å². The summed E-state index contributed by atoms with van der Waals surface area (Å²) in [6, 6.07) is 8.69. The quantitative estimate of drug-likeness (QED) is 0.492. The molecule has 1 rings (SSSR count). The summed E-state index contributed by atoms with van der Waals surface area (Å²) in [6.07, 6.45) is 0. The zero-order valence-electron chi connectivity index (χ0n) is 5.15. The molecule has 0 aliphatic rings. The molecule has 0 aliphatic heterocycles. The third-order valence-electron chi connectivity index (χ3n) is 1.09. The summed E-state index contributed by atoms with van der Waals surface area (Å²) in [7, 11) is 0. The van der Waals surface area contributed by atoms with Gasteiger partial charge in [-0.1, -0.05) is 18.2 Å². The molecular formula is C7H6O2S. The second-order valence-corrected chi connectivity index (χ2v) is 1.93. The van der Waals surface area contributed by atoms with Gasteiger partial charge in [-0.25, -0.2) is 4.79 Å². The Bertz CT molecular complexity index is 220. The van der Waals surface area contributed by atoms with Gasteiger partial charge in [0.2, 0.25) is 0 Å². The zero-order chi connectivity index (χ0) is 7.40. The van der Waals surface area contributed by atoms with Crippen LogP contribution in [0.3, 0.4) is 0 Å². The van der Waals surface area contributed by atoms with Crippen molar-refractivity contribution in [2.24, 2.45) is 0 Å². The van der Waals surface area contributed by atoms with Crippen LogP contribution in [-0.2, 0) is 4.18 Å². The van der Waals surface area contributed by atoms with E-state index < -0.39 is 5.97 Å². The van der Waals surface area contributed by atoms with E-state index in [1.165, 1.54) is 0 Å². The molecule has 0 heterocycles. The van der Waals surface area contributed by atoms with Gasteiger partial charge < -0.3 is 4.18 Å². The molecule has 52 valence electrons. The van der Waals surface area contributed by atoms with Gasteiger partial charge in [0.05, 0.1) is 5.56 Å². The highest BCUT2D eigenvalue weighted by Gasteiger charge is 2.01. The highest BCUT2D eigenvalue weighted by atomic mass is 32.1. The van der Waals surface area contributed by atoms with Crippen LogP contribution in [0, 0.1) is 0 Å². The Morgan fingerprint density at radius 2 is 1.90 bits per heavy atom. The van der Waals surface area contributed by atoms with Crippen molar-refractivity contribution in [3.05, 3.63) is 35.9 Å². The zero-order valence-corrected chi connectivity index (χ0v) is 6.04. The molecule has 3 heteroatoms. The Morgan fingerprint density at radius 1 is 1.30 bits per heavy atom. The molecule has 0 saturated heterocycles. The molecule has 0 fully saturated rings. The van der Waals surface area contributed by atoms with Crippen LogP contribution in [0.2, 0.25) is 0 Å². The molecule has 0 radical (unpaired) electrons. The Morgan fingerprint density at radius 3 is 2.40 bits per heavy atom. The maximum absolute atomic E-state index is 10.7. The van der Waals surface area contributed by atoms with E-state index in [-0.39, 0.29) is 0 Å². The summed E-state index contributed by atoms with van der Waals surface area (Å²) < 4.78 is 4.19. The van der Waals surface area contributed by atoms with Crippen LogP contribution in [-0.4, -0.2) is 5.97 Å². The number of carbonyl (C=O) groups excluding carboxylic acids is 1. The third kappa shape index (κ3) is 1.51. The molecule has 0 saturated carbocycles. The average molecular weight is 154 g/mol. The van der Waals surface area contributed by atoms with Crippen molar-refractivity contribution in [2.45, 2.75) is 0 Å². The van der Waals surface area contributed by atoms with Gasteiger partial charge >= 0.3 is 5.97 Å². The maximum atomic E-state index is 10.7. The van der Waals surface area contributed by atoms with E-state index in [1.54, 1.807) is 24.3 Å². The smallest absolute Gasteiger partial charge is 0.349 e. The van der Waals surface area contributed by atoms with E-state index in [9.17, 15) is 4.79 Å². The molecule has 1 aromatic rings. The van der Waals surface area contributed by atoms with E-state index in [0.717, 1.165) is 0 Å². The van der Waals surface area contributed by atoms with Gasteiger partial charge in [-0.2, -0.15) is 0 Å². The molecule has 0 spiro atoms. The van der Waals surface area contributed by atoms with Crippen molar-refractivity contribution >= 4 is 18.9 Å². The van der Waals surface area contributed by atoms with Crippen LogP contribution in [0.15, 0.2) is 30.3 Å². The molecule has 0 aliphatic carbocycles. The highest BCUT2D eigenvalue weighted by molar-refractivity contribution is 7.75. The topological polar surface area (TPSA) is 26.3 Å². The molecule has 2 nitrogen and oxygen atoms in total. The molecule has 0 N–H and O–H groups in total. The van der Waals surface area contributed by atoms with Crippen molar-refractivity contribution in [1.82, 2.24) is 0 Å². The van der Waals surface area contributed by atoms with E-state index in [1.807, 2.05) is 6.07 Å². The summed E-state index contributed by atoms with van der Waals surface area (Å²) in [4.78, 5) is 10.7. The standard InChI is InChI=1S/C7H6O2S/c8-7(9-10)6-4-2-1-3-5-6/h1-5,10H. The molecule has 0 unspecified atom stereocenters. The first-order valence-corrected chi connectivity index (χ1v) is 3.12. The summed E-state index contributed by atoms with van der Waals surface area (Å²) in [5.41, 5.74) is 0.512. The fourth-order valence-electron chi connectivity index (χ4n) is 0.627. The molecule has 0 bridgehead atoms. The van der Waals surface area contributed by atoms with Crippen LogP contribution in [0.25, 0.3) is 0 Å². The van der Waals surface area contributed by atoms with Crippen LogP contribution in [0.5, 0.6) is 0 Å².